The second-order valence-corrected chi connectivity index (χ2v) is 4.02. The van der Waals surface area contributed by atoms with E-state index in [4.69, 9.17) is 4.74 Å². The molecule has 2 rings (SSSR count). The Labute approximate surface area is 106 Å². The standard InChI is InChI=1S/C14H14O2S/c15-13-5-1-11(2-6-13)9-12-3-7-14(8-4-12)16-10-17/h1-8,15,17H,9-10H2. The van der Waals surface area contributed by atoms with E-state index >= 15 is 0 Å². The van der Waals surface area contributed by atoms with Crippen molar-refractivity contribution < 1.29 is 9.84 Å². The molecule has 0 saturated carbocycles. The van der Waals surface area contributed by atoms with E-state index in [0.717, 1.165) is 12.2 Å². The average Bonchev–Trinajstić information content (AvgIpc) is 2.35. The van der Waals surface area contributed by atoms with Crippen molar-refractivity contribution in [3.63, 3.8) is 0 Å². The number of hydrogen-bond acceptors (Lipinski definition) is 3. The van der Waals surface area contributed by atoms with Gasteiger partial charge in [0.05, 0.1) is 0 Å². The number of rotatable bonds is 4. The summed E-state index contributed by atoms with van der Waals surface area (Å²) in [6.45, 7) is 0. The first-order chi connectivity index (χ1) is 8.28. The Bertz CT molecular complexity index is 463. The second-order valence-electron chi connectivity index (χ2n) is 3.76. The Hall–Kier alpha value is -1.61. The van der Waals surface area contributed by atoms with E-state index in [1.165, 1.54) is 11.1 Å². The van der Waals surface area contributed by atoms with Gasteiger partial charge >= 0.3 is 0 Å². The van der Waals surface area contributed by atoms with Crippen LogP contribution in [0, 0.1) is 0 Å². The zero-order valence-electron chi connectivity index (χ0n) is 9.34. The SMILES string of the molecule is Oc1ccc(Cc2ccc(OCS)cc2)cc1. The molecule has 0 amide bonds. The molecule has 2 aromatic carbocycles. The molecule has 88 valence electrons. The topological polar surface area (TPSA) is 29.5 Å². The van der Waals surface area contributed by atoms with Crippen LogP contribution < -0.4 is 4.74 Å². The van der Waals surface area contributed by atoms with E-state index in [1.807, 2.05) is 36.4 Å². The van der Waals surface area contributed by atoms with Crippen molar-refractivity contribution in [1.29, 1.82) is 0 Å². The van der Waals surface area contributed by atoms with Gasteiger partial charge in [-0.05, 0) is 41.8 Å². The monoisotopic (exact) mass is 246 g/mol. The summed E-state index contributed by atoms with van der Waals surface area (Å²) in [6.07, 6.45) is 0.849. The fraction of sp³-hybridized carbons (Fsp3) is 0.143. The Morgan fingerprint density at radius 3 is 1.94 bits per heavy atom. The molecule has 1 N–H and O–H groups in total. The highest BCUT2D eigenvalue weighted by atomic mass is 32.1. The molecule has 0 saturated heterocycles. The highest BCUT2D eigenvalue weighted by molar-refractivity contribution is 7.80. The van der Waals surface area contributed by atoms with Crippen LogP contribution in [0.3, 0.4) is 0 Å². The fourth-order valence-corrected chi connectivity index (χ4v) is 1.78. The summed E-state index contributed by atoms with van der Waals surface area (Å²) in [5.74, 6) is 1.51. The molecule has 0 bridgehead atoms. The molecule has 0 aliphatic carbocycles. The highest BCUT2D eigenvalue weighted by Crippen LogP contribution is 2.17. The van der Waals surface area contributed by atoms with Crippen molar-refractivity contribution in [2.75, 3.05) is 5.94 Å². The van der Waals surface area contributed by atoms with Crippen LogP contribution in [0.25, 0.3) is 0 Å². The summed E-state index contributed by atoms with van der Waals surface area (Å²) in [5.41, 5.74) is 2.38. The molecule has 0 spiro atoms. The summed E-state index contributed by atoms with van der Waals surface area (Å²) in [4.78, 5) is 0. The van der Waals surface area contributed by atoms with E-state index in [9.17, 15) is 5.11 Å². The molecule has 2 aromatic rings. The van der Waals surface area contributed by atoms with E-state index in [2.05, 4.69) is 12.6 Å². The Morgan fingerprint density at radius 1 is 0.882 bits per heavy atom. The lowest BCUT2D eigenvalue weighted by Gasteiger charge is -2.05. The maximum absolute atomic E-state index is 9.19. The molecule has 0 radical (unpaired) electrons. The van der Waals surface area contributed by atoms with Crippen molar-refractivity contribution in [2.24, 2.45) is 0 Å². The first-order valence-corrected chi connectivity index (χ1v) is 6.01. The Morgan fingerprint density at radius 2 is 1.41 bits per heavy atom. The first-order valence-electron chi connectivity index (χ1n) is 5.38. The van der Waals surface area contributed by atoms with E-state index in [0.29, 0.717) is 11.7 Å². The van der Waals surface area contributed by atoms with Crippen LogP contribution in [-0.2, 0) is 6.42 Å². The third-order valence-corrected chi connectivity index (χ3v) is 2.63. The Kier molecular flexibility index (Phi) is 3.94. The van der Waals surface area contributed by atoms with Gasteiger partial charge in [-0.1, -0.05) is 24.3 Å². The second kappa shape index (κ2) is 5.64. The van der Waals surface area contributed by atoms with Gasteiger partial charge in [0.25, 0.3) is 0 Å². The van der Waals surface area contributed by atoms with Crippen LogP contribution in [0.5, 0.6) is 11.5 Å². The molecular weight excluding hydrogens is 232 g/mol. The number of thiol groups is 1. The van der Waals surface area contributed by atoms with Gasteiger partial charge < -0.3 is 9.84 Å². The number of aromatic hydroxyl groups is 1. The van der Waals surface area contributed by atoms with Gasteiger partial charge in [0.2, 0.25) is 0 Å². The molecule has 0 aliphatic rings. The number of phenols is 1. The van der Waals surface area contributed by atoms with Crippen LogP contribution in [0.4, 0.5) is 0 Å². The Balaban J connectivity index is 2.05. The van der Waals surface area contributed by atoms with Crippen molar-refractivity contribution in [3.8, 4) is 11.5 Å². The van der Waals surface area contributed by atoms with Gasteiger partial charge in [0, 0.05) is 0 Å². The number of benzene rings is 2. The quantitative estimate of drug-likeness (QED) is 0.640. The molecule has 0 atom stereocenters. The maximum Gasteiger partial charge on any atom is 0.131 e. The van der Waals surface area contributed by atoms with Crippen molar-refractivity contribution >= 4 is 12.6 Å². The lowest BCUT2D eigenvalue weighted by molar-refractivity contribution is 0.394. The molecule has 0 aliphatic heterocycles. The molecule has 0 heterocycles. The minimum absolute atomic E-state index is 0.297. The maximum atomic E-state index is 9.19. The molecule has 0 unspecified atom stereocenters. The minimum atomic E-state index is 0.297. The summed E-state index contributed by atoms with van der Waals surface area (Å²) < 4.78 is 5.26. The third-order valence-electron chi connectivity index (χ3n) is 2.50. The molecule has 17 heavy (non-hydrogen) atoms. The largest absolute Gasteiger partial charge is 0.508 e. The zero-order valence-corrected chi connectivity index (χ0v) is 10.2. The van der Waals surface area contributed by atoms with Gasteiger partial charge in [-0.3, -0.25) is 0 Å². The lowest BCUT2D eigenvalue weighted by Crippen LogP contribution is -1.91. The summed E-state index contributed by atoms with van der Waals surface area (Å²) in [6, 6.07) is 15.2. The zero-order chi connectivity index (χ0) is 12.1. The van der Waals surface area contributed by atoms with Gasteiger partial charge in [-0.15, -0.1) is 12.6 Å². The summed E-state index contributed by atoms with van der Waals surface area (Å²) >= 11 is 4.00. The van der Waals surface area contributed by atoms with E-state index < -0.39 is 0 Å². The van der Waals surface area contributed by atoms with Crippen molar-refractivity contribution in [1.82, 2.24) is 0 Å². The van der Waals surface area contributed by atoms with Gasteiger partial charge in [-0.25, -0.2) is 0 Å². The molecule has 2 nitrogen and oxygen atoms in total. The van der Waals surface area contributed by atoms with Gasteiger partial charge in [-0.2, -0.15) is 0 Å². The number of phenolic OH excluding ortho intramolecular Hbond substituents is 1. The van der Waals surface area contributed by atoms with Crippen LogP contribution in [-0.4, -0.2) is 11.0 Å². The van der Waals surface area contributed by atoms with Gasteiger partial charge in [0.15, 0.2) is 0 Å². The molecule has 0 aromatic heterocycles. The van der Waals surface area contributed by atoms with Crippen LogP contribution in [0.2, 0.25) is 0 Å². The molecule has 3 heteroatoms. The predicted octanol–water partition coefficient (Wildman–Crippen LogP) is 3.25. The predicted molar refractivity (Wildman–Crippen MR) is 71.8 cm³/mol. The number of hydrogen-bond donors (Lipinski definition) is 2. The summed E-state index contributed by atoms with van der Waals surface area (Å²) in [7, 11) is 0. The van der Waals surface area contributed by atoms with Crippen LogP contribution in [0.1, 0.15) is 11.1 Å². The van der Waals surface area contributed by atoms with Crippen molar-refractivity contribution in [3.05, 3.63) is 59.7 Å². The van der Waals surface area contributed by atoms with Crippen molar-refractivity contribution in [2.45, 2.75) is 6.42 Å². The van der Waals surface area contributed by atoms with Crippen LogP contribution >= 0.6 is 12.6 Å². The highest BCUT2D eigenvalue weighted by Gasteiger charge is 1.98. The average molecular weight is 246 g/mol. The first kappa shape index (κ1) is 11.9. The fourth-order valence-electron chi connectivity index (χ4n) is 1.63. The molecule has 0 fully saturated rings. The van der Waals surface area contributed by atoms with E-state index in [-0.39, 0.29) is 0 Å². The lowest BCUT2D eigenvalue weighted by atomic mass is 10.1. The molecular formula is C14H14O2S. The minimum Gasteiger partial charge on any atom is -0.508 e. The van der Waals surface area contributed by atoms with Gasteiger partial charge in [0.1, 0.15) is 17.4 Å². The third kappa shape index (κ3) is 3.43. The normalized spacial score (nSPS) is 10.2. The smallest absolute Gasteiger partial charge is 0.131 e. The summed E-state index contributed by atoms with van der Waals surface area (Å²) in [5, 5.41) is 9.19. The number of ether oxygens (including phenoxy) is 1. The van der Waals surface area contributed by atoms with Crippen LogP contribution in [0.15, 0.2) is 48.5 Å². The van der Waals surface area contributed by atoms with E-state index in [1.54, 1.807) is 12.1 Å².